The number of hydrogen-bond donors (Lipinski definition) is 0. The van der Waals surface area contributed by atoms with Gasteiger partial charge in [-0.25, -0.2) is 0 Å². The molecule has 1 aromatic rings. The second-order valence-corrected chi connectivity index (χ2v) is 7.46. The number of para-hydroxylation sites is 1. The SMILES string of the molecule is CC(C)Oc1ccccc1C(=O)N1CCC2(CCCCOC2)CC1. The summed E-state index contributed by atoms with van der Waals surface area (Å²) < 4.78 is 11.6. The lowest BCUT2D eigenvalue weighted by molar-refractivity contribution is 0.0126. The van der Waals surface area contributed by atoms with E-state index < -0.39 is 0 Å². The van der Waals surface area contributed by atoms with E-state index in [0.29, 0.717) is 16.7 Å². The minimum Gasteiger partial charge on any atom is -0.490 e. The first-order valence-corrected chi connectivity index (χ1v) is 9.22. The van der Waals surface area contributed by atoms with Crippen LogP contribution in [0.5, 0.6) is 5.75 Å². The number of amides is 1. The third-order valence-electron chi connectivity index (χ3n) is 5.25. The molecule has 0 unspecified atom stereocenters. The molecule has 2 aliphatic heterocycles. The van der Waals surface area contributed by atoms with Crippen molar-refractivity contribution in [2.75, 3.05) is 26.3 Å². The first-order valence-electron chi connectivity index (χ1n) is 9.22. The number of nitrogens with zero attached hydrogens (tertiary/aromatic N) is 1. The minimum absolute atomic E-state index is 0.0618. The zero-order chi connectivity index (χ0) is 17.0. The van der Waals surface area contributed by atoms with Gasteiger partial charge in [-0.2, -0.15) is 0 Å². The van der Waals surface area contributed by atoms with Crippen molar-refractivity contribution in [3.63, 3.8) is 0 Å². The molecule has 2 saturated heterocycles. The van der Waals surface area contributed by atoms with Crippen LogP contribution >= 0.6 is 0 Å². The summed E-state index contributed by atoms with van der Waals surface area (Å²) >= 11 is 0. The average molecular weight is 331 g/mol. The Morgan fingerprint density at radius 1 is 1.17 bits per heavy atom. The molecule has 1 spiro atoms. The van der Waals surface area contributed by atoms with Gasteiger partial charge in [0.05, 0.1) is 18.3 Å². The summed E-state index contributed by atoms with van der Waals surface area (Å²) in [7, 11) is 0. The fourth-order valence-corrected chi connectivity index (χ4v) is 3.81. The molecule has 0 aliphatic carbocycles. The van der Waals surface area contributed by atoms with E-state index in [2.05, 4.69) is 0 Å². The second kappa shape index (κ2) is 7.56. The van der Waals surface area contributed by atoms with Gasteiger partial charge in [0.15, 0.2) is 0 Å². The van der Waals surface area contributed by atoms with E-state index in [1.807, 2.05) is 43.0 Å². The number of hydrogen-bond acceptors (Lipinski definition) is 3. The van der Waals surface area contributed by atoms with E-state index in [0.717, 1.165) is 39.1 Å². The Kier molecular flexibility index (Phi) is 5.44. The Balaban J connectivity index is 1.67. The van der Waals surface area contributed by atoms with Crippen molar-refractivity contribution in [1.82, 2.24) is 4.90 Å². The average Bonchev–Trinajstić information content (AvgIpc) is 2.81. The highest BCUT2D eigenvalue weighted by molar-refractivity contribution is 5.97. The molecule has 4 nitrogen and oxygen atoms in total. The lowest BCUT2D eigenvalue weighted by Crippen LogP contribution is -2.44. The number of likely N-dealkylation sites (tertiary alicyclic amines) is 1. The van der Waals surface area contributed by atoms with Crippen LogP contribution < -0.4 is 4.74 Å². The first-order chi connectivity index (χ1) is 11.6. The van der Waals surface area contributed by atoms with Gasteiger partial charge in [0, 0.05) is 19.7 Å². The Morgan fingerprint density at radius 2 is 1.92 bits per heavy atom. The van der Waals surface area contributed by atoms with E-state index >= 15 is 0 Å². The van der Waals surface area contributed by atoms with Crippen LogP contribution in [0.2, 0.25) is 0 Å². The van der Waals surface area contributed by atoms with Gasteiger partial charge < -0.3 is 14.4 Å². The molecule has 2 heterocycles. The number of carbonyl (C=O) groups excluding carboxylic acids is 1. The van der Waals surface area contributed by atoms with Crippen LogP contribution in [0.15, 0.2) is 24.3 Å². The van der Waals surface area contributed by atoms with Crippen molar-refractivity contribution < 1.29 is 14.3 Å². The largest absolute Gasteiger partial charge is 0.490 e. The molecule has 0 N–H and O–H groups in total. The molecular formula is C20H29NO3. The van der Waals surface area contributed by atoms with Crippen LogP contribution in [0.4, 0.5) is 0 Å². The quantitative estimate of drug-likeness (QED) is 0.843. The zero-order valence-corrected chi connectivity index (χ0v) is 14.9. The molecular weight excluding hydrogens is 302 g/mol. The number of piperidine rings is 1. The maximum absolute atomic E-state index is 13.0. The summed E-state index contributed by atoms with van der Waals surface area (Å²) in [5, 5.41) is 0. The van der Waals surface area contributed by atoms with E-state index in [1.165, 1.54) is 19.3 Å². The minimum atomic E-state index is 0.0618. The Hall–Kier alpha value is -1.55. The highest BCUT2D eigenvalue weighted by Gasteiger charge is 2.37. The van der Waals surface area contributed by atoms with Crippen molar-refractivity contribution in [2.24, 2.45) is 5.41 Å². The van der Waals surface area contributed by atoms with Crippen molar-refractivity contribution >= 4 is 5.91 Å². The number of rotatable bonds is 3. The molecule has 0 radical (unpaired) electrons. The van der Waals surface area contributed by atoms with Crippen molar-refractivity contribution in [3.8, 4) is 5.75 Å². The smallest absolute Gasteiger partial charge is 0.257 e. The molecule has 0 saturated carbocycles. The summed E-state index contributed by atoms with van der Waals surface area (Å²) in [6, 6.07) is 7.59. The molecule has 2 aliphatic rings. The highest BCUT2D eigenvalue weighted by Crippen LogP contribution is 2.39. The number of benzene rings is 1. The van der Waals surface area contributed by atoms with Crippen molar-refractivity contribution in [1.29, 1.82) is 0 Å². The summed E-state index contributed by atoms with van der Waals surface area (Å²) in [6.07, 6.45) is 5.82. The number of carbonyl (C=O) groups is 1. The third-order valence-corrected chi connectivity index (χ3v) is 5.25. The van der Waals surface area contributed by atoms with Crippen LogP contribution in [-0.2, 0) is 4.74 Å². The highest BCUT2D eigenvalue weighted by atomic mass is 16.5. The van der Waals surface area contributed by atoms with E-state index in [4.69, 9.17) is 9.47 Å². The molecule has 0 bridgehead atoms. The van der Waals surface area contributed by atoms with Crippen molar-refractivity contribution in [3.05, 3.63) is 29.8 Å². The summed E-state index contributed by atoms with van der Waals surface area (Å²) in [5.41, 5.74) is 0.973. The lowest BCUT2D eigenvalue weighted by Gasteiger charge is -2.41. The number of ether oxygens (including phenoxy) is 2. The predicted molar refractivity (Wildman–Crippen MR) is 94.4 cm³/mol. The van der Waals surface area contributed by atoms with E-state index in [1.54, 1.807) is 0 Å². The zero-order valence-electron chi connectivity index (χ0n) is 14.9. The topological polar surface area (TPSA) is 38.8 Å². The third kappa shape index (κ3) is 3.92. The predicted octanol–water partition coefficient (Wildman–Crippen LogP) is 3.90. The fraction of sp³-hybridized carbons (Fsp3) is 0.650. The van der Waals surface area contributed by atoms with Crippen LogP contribution in [-0.4, -0.2) is 43.2 Å². The Morgan fingerprint density at radius 3 is 2.67 bits per heavy atom. The van der Waals surface area contributed by atoms with Gasteiger partial charge in [0.1, 0.15) is 5.75 Å². The van der Waals surface area contributed by atoms with Crippen LogP contribution in [0.25, 0.3) is 0 Å². The van der Waals surface area contributed by atoms with Gasteiger partial charge in [-0.05, 0) is 57.1 Å². The lowest BCUT2D eigenvalue weighted by atomic mass is 9.75. The van der Waals surface area contributed by atoms with Crippen molar-refractivity contribution in [2.45, 2.75) is 52.1 Å². The van der Waals surface area contributed by atoms with Gasteiger partial charge in [-0.3, -0.25) is 4.79 Å². The maximum atomic E-state index is 13.0. The van der Waals surface area contributed by atoms with Gasteiger partial charge in [0.25, 0.3) is 5.91 Å². The Labute approximate surface area is 145 Å². The van der Waals surface area contributed by atoms with Crippen LogP contribution in [0, 0.1) is 5.41 Å². The fourth-order valence-electron chi connectivity index (χ4n) is 3.81. The maximum Gasteiger partial charge on any atom is 0.257 e. The molecule has 0 atom stereocenters. The molecule has 4 heteroatoms. The Bertz CT molecular complexity index is 552. The normalized spacial score (nSPS) is 20.9. The molecule has 3 rings (SSSR count). The van der Waals surface area contributed by atoms with Gasteiger partial charge in [-0.15, -0.1) is 0 Å². The second-order valence-electron chi connectivity index (χ2n) is 7.46. The molecule has 2 fully saturated rings. The molecule has 24 heavy (non-hydrogen) atoms. The van der Waals surface area contributed by atoms with E-state index in [-0.39, 0.29) is 12.0 Å². The monoisotopic (exact) mass is 331 g/mol. The van der Waals surface area contributed by atoms with Gasteiger partial charge in [-0.1, -0.05) is 18.6 Å². The summed E-state index contributed by atoms with van der Waals surface area (Å²) in [6.45, 7) is 7.36. The van der Waals surface area contributed by atoms with E-state index in [9.17, 15) is 4.79 Å². The van der Waals surface area contributed by atoms with Gasteiger partial charge in [0.2, 0.25) is 0 Å². The van der Waals surface area contributed by atoms with Gasteiger partial charge >= 0.3 is 0 Å². The van der Waals surface area contributed by atoms with Crippen LogP contribution in [0.3, 0.4) is 0 Å². The summed E-state index contributed by atoms with van der Waals surface area (Å²) in [5.74, 6) is 0.784. The molecule has 132 valence electrons. The standard InChI is InChI=1S/C20H29NO3/c1-16(2)24-18-8-4-3-7-17(18)19(22)21-12-10-20(11-13-21)9-5-6-14-23-15-20/h3-4,7-8,16H,5-6,9-15H2,1-2H3. The molecule has 0 aromatic heterocycles. The first kappa shape index (κ1) is 17.3. The molecule has 1 aromatic carbocycles. The van der Waals surface area contributed by atoms with Crippen LogP contribution in [0.1, 0.15) is 56.3 Å². The summed E-state index contributed by atoms with van der Waals surface area (Å²) in [4.78, 5) is 14.9. The molecule has 1 amide bonds.